The number of aryl methyl sites for hydroxylation is 1. The van der Waals surface area contributed by atoms with Crippen LogP contribution >= 0.6 is 35.0 Å². The van der Waals surface area contributed by atoms with Crippen molar-refractivity contribution in [2.24, 2.45) is 7.05 Å². The van der Waals surface area contributed by atoms with Crippen LogP contribution in [0, 0.1) is 11.6 Å². The third kappa shape index (κ3) is 9.15. The standard InChI is InChI=1S/C37H36Cl2F2N4O5S2.ClH/c1-23(35(46)47)44(16-14-24-7-6-15-43(4)21-24)52(48,49)28-18-31(39)29(32(41)19-28)22-51-36-42-20-34(45(36)27-11-9-26(40)10-12-27)37(2,3)25-8-13-30(38)33(17-25)50-5;/h6-13,15,17-21,23H,14,16,22H2,1-5H3;1H/t23-;/m1./s1. The largest absolute Gasteiger partial charge is 1.00 e. The van der Waals surface area contributed by atoms with E-state index in [1.165, 1.54) is 26.2 Å². The first-order chi connectivity index (χ1) is 24.5. The van der Waals surface area contributed by atoms with Crippen LogP contribution in [0.4, 0.5) is 8.78 Å². The lowest BCUT2D eigenvalue weighted by Gasteiger charge is -2.28. The third-order valence-electron chi connectivity index (χ3n) is 8.81. The Labute approximate surface area is 328 Å². The van der Waals surface area contributed by atoms with Crippen LogP contribution in [0.3, 0.4) is 0 Å². The summed E-state index contributed by atoms with van der Waals surface area (Å²) in [6.45, 7) is 5.08. The first kappa shape index (κ1) is 42.0. The number of aromatic nitrogens is 3. The van der Waals surface area contributed by atoms with E-state index < -0.39 is 44.0 Å². The molecule has 0 fully saturated rings. The molecule has 0 aliphatic heterocycles. The van der Waals surface area contributed by atoms with E-state index in [1.807, 2.05) is 43.8 Å². The lowest BCUT2D eigenvalue weighted by atomic mass is 9.81. The van der Waals surface area contributed by atoms with Gasteiger partial charge in [-0.1, -0.05) is 54.9 Å². The number of carboxylic acid groups (broad SMARTS) is 1. The summed E-state index contributed by atoms with van der Waals surface area (Å²) in [5, 5.41) is 10.5. The first-order valence-corrected chi connectivity index (χ1v) is 19.2. The fourth-order valence-electron chi connectivity index (χ4n) is 5.73. The number of pyridine rings is 1. The lowest BCUT2D eigenvalue weighted by molar-refractivity contribution is -0.671. The summed E-state index contributed by atoms with van der Waals surface area (Å²) < 4.78 is 67.4. The van der Waals surface area contributed by atoms with E-state index in [4.69, 9.17) is 27.9 Å². The Bertz CT molecular complexity index is 2200. The zero-order chi connectivity index (χ0) is 38.0. The fraction of sp³-hybridized carbons (Fsp3) is 0.270. The molecular weight excluding hydrogens is 789 g/mol. The summed E-state index contributed by atoms with van der Waals surface area (Å²) in [7, 11) is -1.15. The molecule has 16 heteroatoms. The second kappa shape index (κ2) is 17.2. The Kier molecular flexibility index (Phi) is 13.6. The highest BCUT2D eigenvalue weighted by Gasteiger charge is 2.34. The van der Waals surface area contributed by atoms with Gasteiger partial charge in [-0.15, -0.1) is 0 Å². The molecule has 0 bridgehead atoms. The van der Waals surface area contributed by atoms with Gasteiger partial charge in [-0.25, -0.2) is 26.7 Å². The third-order valence-corrected chi connectivity index (χ3v) is 12.4. The average molecular weight is 826 g/mol. The molecule has 1 N–H and O–H groups in total. The number of nitrogens with zero attached hydrogens (tertiary/aromatic N) is 4. The van der Waals surface area contributed by atoms with Gasteiger partial charge in [0.15, 0.2) is 17.6 Å². The van der Waals surface area contributed by atoms with E-state index in [9.17, 15) is 22.7 Å². The van der Waals surface area contributed by atoms with Gasteiger partial charge in [0.1, 0.15) is 30.5 Å². The van der Waals surface area contributed by atoms with Crippen molar-refractivity contribution in [1.82, 2.24) is 13.9 Å². The summed E-state index contributed by atoms with van der Waals surface area (Å²) in [4.78, 5) is 16.2. The predicted molar refractivity (Wildman–Crippen MR) is 197 cm³/mol. The van der Waals surface area contributed by atoms with Crippen molar-refractivity contribution in [3.63, 3.8) is 0 Å². The second-order valence-electron chi connectivity index (χ2n) is 12.6. The predicted octanol–water partition coefficient (Wildman–Crippen LogP) is 4.62. The van der Waals surface area contributed by atoms with Gasteiger partial charge in [-0.2, -0.15) is 4.31 Å². The van der Waals surface area contributed by atoms with E-state index in [-0.39, 0.29) is 41.7 Å². The molecule has 0 saturated carbocycles. The monoisotopic (exact) mass is 824 g/mol. The highest BCUT2D eigenvalue weighted by molar-refractivity contribution is 7.98. The smallest absolute Gasteiger partial charge is 0.321 e. The molecule has 53 heavy (non-hydrogen) atoms. The number of hydrogen-bond acceptors (Lipinski definition) is 6. The normalized spacial score (nSPS) is 12.4. The molecule has 5 aromatic rings. The van der Waals surface area contributed by atoms with E-state index in [1.54, 1.807) is 47.3 Å². The number of methoxy groups -OCH3 is 1. The minimum absolute atomic E-state index is 0. The molecule has 9 nitrogen and oxygen atoms in total. The minimum atomic E-state index is -4.50. The Hall–Kier alpha value is -3.72. The zero-order valence-electron chi connectivity index (χ0n) is 29.4. The molecule has 5 rings (SSSR count). The molecule has 0 radical (unpaired) electrons. The number of carbonyl (C=O) groups is 1. The molecule has 2 aromatic heterocycles. The maximum Gasteiger partial charge on any atom is 0.321 e. The van der Waals surface area contributed by atoms with Crippen molar-refractivity contribution >= 4 is 51.0 Å². The zero-order valence-corrected chi connectivity index (χ0v) is 33.3. The molecule has 3 aromatic carbocycles. The Morgan fingerprint density at radius 3 is 2.42 bits per heavy atom. The van der Waals surface area contributed by atoms with Crippen molar-refractivity contribution in [3.8, 4) is 11.4 Å². The number of sulfonamides is 1. The number of halogens is 5. The molecular formula is C37H37Cl3F2N4O5S2. The molecule has 2 heterocycles. The number of rotatable bonds is 14. The first-order valence-electron chi connectivity index (χ1n) is 16.0. The molecule has 282 valence electrons. The number of ether oxygens (including phenoxy) is 1. The van der Waals surface area contributed by atoms with Crippen LogP contribution in [0.2, 0.25) is 10.0 Å². The molecule has 0 amide bonds. The average Bonchev–Trinajstić information content (AvgIpc) is 3.53. The fourth-order valence-corrected chi connectivity index (χ4v) is 9.00. The number of carboxylic acids is 1. The van der Waals surface area contributed by atoms with Gasteiger partial charge in [0.25, 0.3) is 0 Å². The summed E-state index contributed by atoms with van der Waals surface area (Å²) in [6.07, 6.45) is 5.53. The number of hydrogen-bond donors (Lipinski definition) is 1. The quantitative estimate of drug-likeness (QED) is 0.129. The van der Waals surface area contributed by atoms with Crippen LogP contribution < -0.4 is 21.7 Å². The van der Waals surface area contributed by atoms with Crippen LogP contribution in [0.5, 0.6) is 5.75 Å². The molecule has 0 unspecified atom stereocenters. The SMILES string of the molecule is COc1cc(C(C)(C)c2cnc(SCc3c(F)cc(S(=O)(=O)N(CCc4ccc[n+](C)c4)[C@H](C)C(=O)O)cc3Cl)n2-c2ccc(F)cc2)ccc1Cl.[Cl-]. The van der Waals surface area contributed by atoms with Gasteiger partial charge in [0.2, 0.25) is 10.0 Å². The Balaban J connectivity index is 0.00000627. The van der Waals surface area contributed by atoms with Gasteiger partial charge in [0.05, 0.1) is 28.9 Å². The van der Waals surface area contributed by atoms with Crippen molar-refractivity contribution in [3.05, 3.63) is 129 Å². The van der Waals surface area contributed by atoms with Crippen LogP contribution in [-0.4, -0.2) is 53.0 Å². The van der Waals surface area contributed by atoms with Crippen molar-refractivity contribution in [1.29, 1.82) is 0 Å². The van der Waals surface area contributed by atoms with Crippen LogP contribution in [0.1, 0.15) is 43.2 Å². The molecule has 0 spiro atoms. The summed E-state index contributed by atoms with van der Waals surface area (Å²) >= 11 is 14.0. The van der Waals surface area contributed by atoms with E-state index >= 15 is 4.39 Å². The van der Waals surface area contributed by atoms with Gasteiger partial charge >= 0.3 is 5.97 Å². The van der Waals surface area contributed by atoms with Crippen molar-refractivity contribution in [2.45, 2.75) is 54.5 Å². The van der Waals surface area contributed by atoms with Crippen LogP contribution in [0.25, 0.3) is 5.69 Å². The van der Waals surface area contributed by atoms with E-state index in [0.29, 0.717) is 21.6 Å². The Morgan fingerprint density at radius 2 is 1.79 bits per heavy atom. The van der Waals surface area contributed by atoms with Gasteiger partial charge in [-0.05, 0) is 73.5 Å². The number of thioether (sulfide) groups is 1. The highest BCUT2D eigenvalue weighted by Crippen LogP contribution is 2.40. The van der Waals surface area contributed by atoms with E-state index in [0.717, 1.165) is 45.0 Å². The molecule has 1 atom stereocenters. The van der Waals surface area contributed by atoms with E-state index in [2.05, 4.69) is 4.98 Å². The topological polar surface area (TPSA) is 106 Å². The second-order valence-corrected chi connectivity index (χ2v) is 16.3. The number of benzene rings is 3. The van der Waals surface area contributed by atoms with Gasteiger partial charge in [0, 0.05) is 45.6 Å². The highest BCUT2D eigenvalue weighted by atomic mass is 35.5. The molecule has 0 aliphatic carbocycles. The maximum absolute atomic E-state index is 15.9. The van der Waals surface area contributed by atoms with Crippen LogP contribution in [-0.2, 0) is 39.5 Å². The lowest BCUT2D eigenvalue weighted by Crippen LogP contribution is -3.00. The number of imidazole rings is 1. The Morgan fingerprint density at radius 1 is 1.09 bits per heavy atom. The molecule has 0 saturated heterocycles. The summed E-state index contributed by atoms with van der Waals surface area (Å²) in [6, 6.07) is 15.5. The summed E-state index contributed by atoms with van der Waals surface area (Å²) in [5.74, 6) is -2.20. The number of aliphatic carboxylic acids is 1. The maximum atomic E-state index is 15.9. The van der Waals surface area contributed by atoms with Crippen molar-refractivity contribution in [2.75, 3.05) is 13.7 Å². The van der Waals surface area contributed by atoms with Gasteiger partial charge in [-0.3, -0.25) is 9.36 Å². The van der Waals surface area contributed by atoms with Gasteiger partial charge < -0.3 is 22.3 Å². The minimum Gasteiger partial charge on any atom is -1.00 e. The molecule has 0 aliphatic rings. The van der Waals surface area contributed by atoms with Crippen molar-refractivity contribution < 1.29 is 48.8 Å². The summed E-state index contributed by atoms with van der Waals surface area (Å²) in [5.41, 5.74) is 2.35. The van der Waals surface area contributed by atoms with Crippen LogP contribution in [0.15, 0.2) is 95.4 Å².